The molecule has 13 heteroatoms. The maximum absolute atomic E-state index is 10.6. The molecule has 0 aromatic heterocycles. The molecule has 1 N–H and O–H groups in total. The summed E-state index contributed by atoms with van der Waals surface area (Å²) in [6.45, 7) is 12.0. The highest BCUT2D eigenvalue weighted by molar-refractivity contribution is 5.54. The van der Waals surface area contributed by atoms with E-state index in [1.807, 2.05) is 182 Å². The van der Waals surface area contributed by atoms with E-state index >= 15 is 0 Å². The number of aliphatic hydroxyl groups is 1. The van der Waals surface area contributed by atoms with E-state index in [0.29, 0.717) is 62.5 Å². The van der Waals surface area contributed by atoms with Gasteiger partial charge in [-0.1, -0.05) is 303 Å². The van der Waals surface area contributed by atoms with E-state index in [1.165, 1.54) is 173 Å². The maximum atomic E-state index is 10.6. The van der Waals surface area contributed by atoms with Crippen LogP contribution in [0.2, 0.25) is 0 Å². The van der Waals surface area contributed by atoms with Crippen molar-refractivity contribution in [3.05, 3.63) is 286 Å². The van der Waals surface area contributed by atoms with Gasteiger partial charge in [-0.25, -0.2) is 0 Å². The van der Waals surface area contributed by atoms with Crippen LogP contribution in [0.25, 0.3) is 0 Å². The van der Waals surface area contributed by atoms with Crippen LogP contribution in [0, 0.1) is 0 Å². The zero-order chi connectivity index (χ0) is 82.5. The predicted molar refractivity (Wildman–Crippen MR) is 481 cm³/mol. The van der Waals surface area contributed by atoms with E-state index in [1.54, 1.807) is 12.1 Å². The van der Waals surface area contributed by atoms with Crippen molar-refractivity contribution in [3.63, 3.8) is 0 Å². The van der Waals surface area contributed by atoms with E-state index < -0.39 is 0 Å². The molecule has 10 rings (SSSR count). The van der Waals surface area contributed by atoms with Gasteiger partial charge < -0.3 is 61.9 Å². The summed E-state index contributed by atoms with van der Waals surface area (Å²) >= 11 is 0. The van der Waals surface area contributed by atoms with Crippen LogP contribution in [0.1, 0.15) is 269 Å². The molecule has 0 aliphatic carbocycles. The first-order chi connectivity index (χ1) is 58.8. The van der Waals surface area contributed by atoms with Gasteiger partial charge in [0, 0.05) is 0 Å². The summed E-state index contributed by atoms with van der Waals surface area (Å²) in [6, 6.07) is 75.9. The minimum Gasteiger partial charge on any atom is -0.494 e. The Morgan fingerprint density at radius 3 is 0.513 bits per heavy atom. The molecule has 0 atom stereocenters. The molecule has 0 amide bonds. The van der Waals surface area contributed by atoms with Crippen LogP contribution in [-0.2, 0) is 66.1 Å². The van der Waals surface area contributed by atoms with Crippen molar-refractivity contribution in [3.8, 4) is 69.0 Å². The highest BCUT2D eigenvalue weighted by Crippen LogP contribution is 2.41. The predicted octanol–water partition coefficient (Wildman–Crippen LogP) is 28.3. The van der Waals surface area contributed by atoms with Crippen LogP contribution in [0.4, 0.5) is 0 Å². The van der Waals surface area contributed by atoms with Crippen LogP contribution in [0.5, 0.6) is 69.0 Å². The van der Waals surface area contributed by atoms with Gasteiger partial charge in [0.05, 0.1) is 26.4 Å². The van der Waals surface area contributed by atoms with Crippen LogP contribution in [-0.4, -0.2) is 24.9 Å². The molecule has 0 heterocycles. The Kier molecular flexibility index (Phi) is 42.5. The normalized spacial score (nSPS) is 11.1. The minimum atomic E-state index is -0.241. The van der Waals surface area contributed by atoms with Gasteiger partial charge in [-0.15, -0.1) is 0 Å². The number of hydrogen-bond donors (Lipinski definition) is 1. The standard InChI is InChI=1S/C106H134O13/c1-4-7-10-13-16-19-22-25-28-31-70-108-95-52-34-85(35-53-95)76-111-98-58-40-88(41-59-98)79-114-101-64-46-91(47-65-101)82-117-104-73-94(75-107)74-105(118-83-92-48-66-102(67-49-92)115-80-89-42-60-99(61-43-89)112-77-86-36-54-96(55-37-86)109-71-32-29-26-23-20-17-14-11-8-5-2)106(104)119-84-93-50-68-103(69-51-93)116-81-90-44-62-100(63-45-90)113-78-87-38-56-97(57-39-87)110-72-33-30-27-24-21-18-15-12-9-6-3/h34-69,73-74,107H,4-33,70-72,75-84H2,1-3H3. The van der Waals surface area contributed by atoms with Gasteiger partial charge in [0.1, 0.15) is 111 Å². The monoisotopic (exact) mass is 1610 g/mol. The first kappa shape index (κ1) is 91.1. The molecule has 0 aliphatic heterocycles. The van der Waals surface area contributed by atoms with E-state index in [-0.39, 0.29) is 26.4 Å². The van der Waals surface area contributed by atoms with Gasteiger partial charge >= 0.3 is 0 Å². The van der Waals surface area contributed by atoms with E-state index in [0.717, 1.165) is 141 Å². The topological polar surface area (TPSA) is 131 Å². The van der Waals surface area contributed by atoms with Crippen molar-refractivity contribution in [2.45, 2.75) is 279 Å². The second-order valence-corrected chi connectivity index (χ2v) is 31.6. The van der Waals surface area contributed by atoms with Gasteiger partial charge in [0.2, 0.25) is 5.75 Å². The van der Waals surface area contributed by atoms with Crippen molar-refractivity contribution in [2.75, 3.05) is 19.8 Å². The van der Waals surface area contributed by atoms with Crippen LogP contribution < -0.4 is 56.8 Å². The van der Waals surface area contributed by atoms with Crippen molar-refractivity contribution in [1.82, 2.24) is 0 Å². The lowest BCUT2D eigenvalue weighted by Crippen LogP contribution is -2.05. The average molecular weight is 1620 g/mol. The molecule has 119 heavy (non-hydrogen) atoms. The lowest BCUT2D eigenvalue weighted by Gasteiger charge is -2.19. The third-order valence-electron chi connectivity index (χ3n) is 21.5. The number of benzene rings is 10. The Hall–Kier alpha value is -10.2. The lowest BCUT2D eigenvalue weighted by molar-refractivity contribution is 0.226. The first-order valence-corrected chi connectivity index (χ1v) is 44.9. The van der Waals surface area contributed by atoms with E-state index in [9.17, 15) is 5.11 Å². The van der Waals surface area contributed by atoms with Gasteiger partial charge in [-0.2, -0.15) is 0 Å². The fourth-order valence-electron chi connectivity index (χ4n) is 14.0. The number of unbranched alkanes of at least 4 members (excludes halogenated alkanes) is 27. The minimum absolute atomic E-state index is 0.197. The molecule has 0 spiro atoms. The maximum Gasteiger partial charge on any atom is 0.203 e. The van der Waals surface area contributed by atoms with Crippen LogP contribution in [0.15, 0.2) is 231 Å². The van der Waals surface area contributed by atoms with Crippen molar-refractivity contribution >= 4 is 0 Å². The highest BCUT2D eigenvalue weighted by atomic mass is 16.5. The molecule has 10 aromatic rings. The third kappa shape index (κ3) is 36.5. The number of aliphatic hydroxyl groups excluding tert-OH is 1. The molecule has 636 valence electrons. The van der Waals surface area contributed by atoms with Gasteiger partial charge in [0.15, 0.2) is 11.5 Å². The molecule has 0 radical (unpaired) electrons. The van der Waals surface area contributed by atoms with Crippen LogP contribution in [0.3, 0.4) is 0 Å². The zero-order valence-electron chi connectivity index (χ0n) is 71.7. The summed E-state index contributed by atoms with van der Waals surface area (Å²) in [5, 5.41) is 10.6. The molecule has 0 bridgehead atoms. The van der Waals surface area contributed by atoms with E-state index in [2.05, 4.69) is 57.2 Å². The Morgan fingerprint density at radius 2 is 0.328 bits per heavy atom. The smallest absolute Gasteiger partial charge is 0.203 e. The Balaban J connectivity index is 0.678. The fourth-order valence-corrected chi connectivity index (χ4v) is 14.0. The molecule has 0 aliphatic rings. The molecule has 0 fully saturated rings. The van der Waals surface area contributed by atoms with E-state index in [4.69, 9.17) is 56.8 Å². The number of hydrogen-bond acceptors (Lipinski definition) is 13. The van der Waals surface area contributed by atoms with Gasteiger partial charge in [-0.3, -0.25) is 0 Å². The van der Waals surface area contributed by atoms with Gasteiger partial charge in [0.25, 0.3) is 0 Å². The molecule has 0 saturated carbocycles. The molecular formula is C106H134O13. The number of rotatable bonds is 64. The first-order valence-electron chi connectivity index (χ1n) is 44.9. The largest absolute Gasteiger partial charge is 0.494 e. The Labute approximate surface area is 712 Å². The fraction of sp³-hybridized carbons (Fsp3) is 0.434. The summed E-state index contributed by atoms with van der Waals surface area (Å²) in [4.78, 5) is 0. The molecule has 0 saturated heterocycles. The Morgan fingerprint density at radius 1 is 0.168 bits per heavy atom. The quantitative estimate of drug-likeness (QED) is 0.0363. The second-order valence-electron chi connectivity index (χ2n) is 31.6. The average Bonchev–Trinajstić information content (AvgIpc) is 0.814. The summed E-state index contributed by atoms with van der Waals surface area (Å²) in [5.74, 6) is 8.49. The van der Waals surface area contributed by atoms with Crippen molar-refractivity contribution < 1.29 is 61.9 Å². The van der Waals surface area contributed by atoms with Crippen molar-refractivity contribution in [1.29, 1.82) is 0 Å². The molecule has 0 unspecified atom stereocenters. The molecule has 10 aromatic carbocycles. The lowest BCUT2D eigenvalue weighted by atomic mass is 10.1. The molecule has 13 nitrogen and oxygen atoms in total. The summed E-state index contributed by atoms with van der Waals surface area (Å²) in [5.41, 5.74) is 9.63. The summed E-state index contributed by atoms with van der Waals surface area (Å²) in [6.07, 6.45) is 39.3. The number of ether oxygens (including phenoxy) is 12. The second kappa shape index (κ2) is 55.5. The zero-order valence-corrected chi connectivity index (χ0v) is 71.7. The summed E-state index contributed by atoms with van der Waals surface area (Å²) < 4.78 is 75.2. The van der Waals surface area contributed by atoms with Gasteiger partial charge in [-0.05, 0) is 196 Å². The SMILES string of the molecule is CCCCCCCCCCCCOc1ccc(COc2ccc(COc3ccc(COc4cc(CO)cc(OCc5ccc(OCc6ccc(OCc7ccc(OCCCCCCCCCCCC)cc7)cc6)cc5)c4OCc4ccc(OCc5ccc(OCc6ccc(OCCCCCCCCCCCC)cc6)cc5)cc4)cc3)cc2)cc1. The van der Waals surface area contributed by atoms with Crippen LogP contribution >= 0.6 is 0 Å². The highest BCUT2D eigenvalue weighted by Gasteiger charge is 2.18. The Bertz CT molecular complexity index is 4070. The molecular weight excluding hydrogens is 1480 g/mol. The third-order valence-corrected chi connectivity index (χ3v) is 21.5. The summed E-state index contributed by atoms with van der Waals surface area (Å²) in [7, 11) is 0. The van der Waals surface area contributed by atoms with Crippen molar-refractivity contribution in [2.24, 2.45) is 0 Å².